The Balaban J connectivity index is 2.58. The van der Waals surface area contributed by atoms with Crippen LogP contribution in [0.25, 0.3) is 11.1 Å². The van der Waals surface area contributed by atoms with Crippen LogP contribution in [0.2, 0.25) is 0 Å². The first-order chi connectivity index (χ1) is 14.8. The molecule has 1 N–H and O–H groups in total. The highest BCUT2D eigenvalue weighted by molar-refractivity contribution is 5.92. The van der Waals surface area contributed by atoms with Gasteiger partial charge in [0.05, 0.1) is 0 Å². The van der Waals surface area contributed by atoms with Gasteiger partial charge in [0, 0.05) is 17.1 Å². The van der Waals surface area contributed by atoms with Gasteiger partial charge in [-0.2, -0.15) is 0 Å². The summed E-state index contributed by atoms with van der Waals surface area (Å²) in [7, 11) is 0. The number of ether oxygens (including phenoxy) is 1. The highest BCUT2D eigenvalue weighted by Gasteiger charge is 2.24. The molecule has 0 amide bonds. The predicted molar refractivity (Wildman–Crippen MR) is 130 cm³/mol. The van der Waals surface area contributed by atoms with Crippen LogP contribution in [0.5, 0.6) is 11.5 Å². The maximum Gasteiger partial charge on any atom is 0.332 e. The highest BCUT2D eigenvalue weighted by Crippen LogP contribution is 2.37. The quantitative estimate of drug-likeness (QED) is 0.333. The van der Waals surface area contributed by atoms with Crippen molar-refractivity contribution in [2.45, 2.75) is 41.0 Å². The smallest absolute Gasteiger partial charge is 0.332 e. The molecule has 0 saturated heterocycles. The van der Waals surface area contributed by atoms with Gasteiger partial charge >= 0.3 is 5.97 Å². The average molecular weight is 417 g/mol. The number of hydrogen-bond acceptors (Lipinski definition) is 2. The fraction of sp³-hybridized carbons (Fsp3) is 0.250. The zero-order valence-electron chi connectivity index (χ0n) is 19.1. The lowest BCUT2D eigenvalue weighted by atomic mass is 9.83. The first-order valence-corrected chi connectivity index (χ1v) is 10.6. The molecule has 0 fully saturated rings. The van der Waals surface area contributed by atoms with Crippen LogP contribution >= 0.6 is 0 Å². The SMILES string of the molecule is C=C(c1ccc(Oc2ccccc2)c(C(/C=C\C)=C/C)c1)C(CC)C(C(=O)O)=C(C)C. The first kappa shape index (κ1) is 23.9. The number of benzene rings is 2. The lowest BCUT2D eigenvalue weighted by Gasteiger charge is -2.22. The van der Waals surface area contributed by atoms with Crippen molar-refractivity contribution < 1.29 is 14.6 Å². The molecule has 2 aromatic rings. The lowest BCUT2D eigenvalue weighted by molar-refractivity contribution is -0.133. The lowest BCUT2D eigenvalue weighted by Crippen LogP contribution is -2.15. The van der Waals surface area contributed by atoms with Crippen molar-refractivity contribution in [1.82, 2.24) is 0 Å². The molecule has 1 atom stereocenters. The molecule has 0 saturated carbocycles. The minimum Gasteiger partial charge on any atom is -0.478 e. The second kappa shape index (κ2) is 11.2. The zero-order chi connectivity index (χ0) is 23.0. The molecular weight excluding hydrogens is 384 g/mol. The number of carboxylic acids is 1. The van der Waals surface area contributed by atoms with Gasteiger partial charge in [0.2, 0.25) is 0 Å². The van der Waals surface area contributed by atoms with E-state index in [2.05, 4.69) is 6.58 Å². The normalized spacial score (nSPS) is 12.5. The van der Waals surface area contributed by atoms with Crippen molar-refractivity contribution in [1.29, 1.82) is 0 Å². The molecule has 0 radical (unpaired) electrons. The summed E-state index contributed by atoms with van der Waals surface area (Å²) < 4.78 is 6.18. The number of para-hydroxylation sites is 1. The van der Waals surface area contributed by atoms with Gasteiger partial charge < -0.3 is 9.84 Å². The largest absolute Gasteiger partial charge is 0.478 e. The van der Waals surface area contributed by atoms with Gasteiger partial charge in [-0.1, -0.05) is 61.6 Å². The van der Waals surface area contributed by atoms with Crippen LogP contribution in [0.15, 0.2) is 84.5 Å². The number of carbonyl (C=O) groups is 1. The maximum atomic E-state index is 11.9. The Hall–Kier alpha value is -3.33. The van der Waals surface area contributed by atoms with Gasteiger partial charge in [0.25, 0.3) is 0 Å². The van der Waals surface area contributed by atoms with E-state index in [1.165, 1.54) is 0 Å². The van der Waals surface area contributed by atoms with E-state index in [4.69, 9.17) is 4.74 Å². The van der Waals surface area contributed by atoms with Crippen molar-refractivity contribution in [3.63, 3.8) is 0 Å². The molecule has 162 valence electrons. The molecule has 0 aromatic heterocycles. The summed E-state index contributed by atoms with van der Waals surface area (Å²) in [6, 6.07) is 15.6. The number of carboxylic acid groups (broad SMARTS) is 1. The Morgan fingerprint density at radius 2 is 1.81 bits per heavy atom. The third kappa shape index (κ3) is 5.85. The molecule has 3 nitrogen and oxygen atoms in total. The van der Waals surface area contributed by atoms with Crippen LogP contribution in [-0.2, 0) is 4.79 Å². The van der Waals surface area contributed by atoms with Crippen LogP contribution < -0.4 is 4.74 Å². The standard InChI is InChI=1S/C28H32O3/c1-7-13-21(8-2)25-18-22(16-17-26(25)31-23-14-11-10-12-15-23)20(6)24(9-3)27(19(4)5)28(29)30/h7-8,10-18,24H,6,9H2,1-5H3,(H,29,30)/b13-7-,21-8+. The molecule has 0 spiro atoms. The topological polar surface area (TPSA) is 46.5 Å². The van der Waals surface area contributed by atoms with Crippen LogP contribution in [0.1, 0.15) is 52.2 Å². The molecule has 0 heterocycles. The summed E-state index contributed by atoms with van der Waals surface area (Å²) in [6.07, 6.45) is 6.73. The number of allylic oxidation sites excluding steroid dienone is 6. The average Bonchev–Trinajstić information content (AvgIpc) is 2.75. The third-order valence-corrected chi connectivity index (χ3v) is 5.24. The fourth-order valence-electron chi connectivity index (χ4n) is 3.72. The van der Waals surface area contributed by atoms with E-state index in [1.54, 1.807) is 0 Å². The summed E-state index contributed by atoms with van der Waals surface area (Å²) >= 11 is 0. The van der Waals surface area contributed by atoms with Crippen LogP contribution in [0.3, 0.4) is 0 Å². The molecule has 0 bridgehead atoms. The molecule has 2 rings (SSSR count). The van der Waals surface area contributed by atoms with E-state index in [9.17, 15) is 9.90 Å². The van der Waals surface area contributed by atoms with E-state index in [-0.39, 0.29) is 5.92 Å². The van der Waals surface area contributed by atoms with E-state index in [1.807, 2.05) is 101 Å². The van der Waals surface area contributed by atoms with Gasteiger partial charge in [-0.25, -0.2) is 4.79 Å². The number of aliphatic carboxylic acids is 1. The van der Waals surface area contributed by atoms with E-state index >= 15 is 0 Å². The van der Waals surface area contributed by atoms with Gasteiger partial charge in [-0.3, -0.25) is 0 Å². The fourth-order valence-corrected chi connectivity index (χ4v) is 3.72. The van der Waals surface area contributed by atoms with E-state index in [0.717, 1.165) is 39.3 Å². The summed E-state index contributed by atoms with van der Waals surface area (Å²) in [5, 5.41) is 9.76. The third-order valence-electron chi connectivity index (χ3n) is 5.24. The number of hydrogen-bond donors (Lipinski definition) is 1. The molecule has 0 aliphatic heterocycles. The van der Waals surface area contributed by atoms with Crippen molar-refractivity contribution in [3.8, 4) is 11.5 Å². The van der Waals surface area contributed by atoms with Crippen molar-refractivity contribution >= 4 is 17.1 Å². The number of rotatable bonds is 9. The van der Waals surface area contributed by atoms with Crippen molar-refractivity contribution in [2.75, 3.05) is 0 Å². The molecular formula is C28H32O3. The molecule has 0 aliphatic rings. The van der Waals surface area contributed by atoms with Gasteiger partial charge in [-0.15, -0.1) is 0 Å². The minimum atomic E-state index is -0.889. The predicted octanol–water partition coefficient (Wildman–Crippen LogP) is 7.92. The van der Waals surface area contributed by atoms with E-state index in [0.29, 0.717) is 12.0 Å². The van der Waals surface area contributed by atoms with Gasteiger partial charge in [-0.05, 0) is 75.1 Å². The zero-order valence-corrected chi connectivity index (χ0v) is 19.1. The second-order valence-electron chi connectivity index (χ2n) is 7.57. The summed E-state index contributed by atoms with van der Waals surface area (Å²) in [4.78, 5) is 11.9. The Labute approximate surface area is 186 Å². The Morgan fingerprint density at radius 1 is 1.13 bits per heavy atom. The van der Waals surface area contributed by atoms with Gasteiger partial charge in [0.15, 0.2) is 0 Å². The van der Waals surface area contributed by atoms with E-state index < -0.39 is 5.97 Å². The Bertz CT molecular complexity index is 1020. The molecule has 0 aliphatic carbocycles. The summed E-state index contributed by atoms with van der Waals surface area (Å²) in [5.41, 5.74) is 4.88. The first-order valence-electron chi connectivity index (χ1n) is 10.6. The van der Waals surface area contributed by atoms with Crippen molar-refractivity contribution in [3.05, 3.63) is 95.6 Å². The maximum absolute atomic E-state index is 11.9. The summed E-state index contributed by atoms with van der Waals surface area (Å²) in [5.74, 6) is 0.352. The molecule has 2 aromatic carbocycles. The second-order valence-corrected chi connectivity index (χ2v) is 7.57. The molecule has 31 heavy (non-hydrogen) atoms. The van der Waals surface area contributed by atoms with Crippen LogP contribution in [0.4, 0.5) is 0 Å². The minimum absolute atomic E-state index is 0.257. The van der Waals surface area contributed by atoms with Gasteiger partial charge in [0.1, 0.15) is 11.5 Å². The van der Waals surface area contributed by atoms with Crippen LogP contribution in [-0.4, -0.2) is 11.1 Å². The highest BCUT2D eigenvalue weighted by atomic mass is 16.5. The van der Waals surface area contributed by atoms with Crippen molar-refractivity contribution in [2.24, 2.45) is 5.92 Å². The van der Waals surface area contributed by atoms with Crippen LogP contribution in [0, 0.1) is 5.92 Å². The Kier molecular flexibility index (Phi) is 8.63. The molecule has 3 heteroatoms. The Morgan fingerprint density at radius 3 is 2.32 bits per heavy atom. The summed E-state index contributed by atoms with van der Waals surface area (Å²) in [6.45, 7) is 13.9. The monoisotopic (exact) mass is 416 g/mol. The molecule has 1 unspecified atom stereocenters.